The number of halogens is 12. The van der Waals surface area contributed by atoms with Crippen LogP contribution < -0.4 is 4.90 Å². The summed E-state index contributed by atoms with van der Waals surface area (Å²) in [6, 6.07) is 1.36. The van der Waals surface area contributed by atoms with Gasteiger partial charge >= 0.3 is 24.7 Å². The van der Waals surface area contributed by atoms with Crippen LogP contribution in [0.2, 0.25) is 0 Å². The SMILES string of the molecule is O=C1c2ccc3c4c(ccc(c24)C(=O)N1c1cc(C(F)(F)F)cc(C(F)(F)F)c1)C(=O)N(C1C=C(C(F)(F)F)C=C(C(F)(F)F)C1)C3=O. The minimum atomic E-state index is -5.34. The quantitative estimate of drug-likeness (QED) is 0.202. The molecule has 2 aliphatic heterocycles. The zero-order valence-corrected chi connectivity index (χ0v) is 23.0. The molecular formula is C30H12F12N2O4. The number of rotatable bonds is 2. The molecule has 0 bridgehead atoms. The predicted molar refractivity (Wildman–Crippen MR) is 139 cm³/mol. The van der Waals surface area contributed by atoms with Crippen LogP contribution in [0, 0.1) is 0 Å². The number of anilines is 1. The third-order valence-electron chi connectivity index (χ3n) is 7.91. The lowest BCUT2D eigenvalue weighted by atomic mass is 9.84. The molecule has 0 aromatic heterocycles. The highest BCUT2D eigenvalue weighted by molar-refractivity contribution is 6.39. The van der Waals surface area contributed by atoms with Crippen molar-refractivity contribution in [1.82, 2.24) is 4.90 Å². The maximum atomic E-state index is 13.6. The highest BCUT2D eigenvalue weighted by Gasteiger charge is 2.48. The summed E-state index contributed by atoms with van der Waals surface area (Å²) in [4.78, 5) is 54.4. The molecule has 2 heterocycles. The Labute approximate surface area is 258 Å². The standard InChI is InChI=1S/C30H12F12N2O4/c31-27(32,33)11-5-12(28(34,35)36)8-15(7-11)43-23(45)17-1-2-18-22-20(4-3-19(21(17)22)25(43)47)26(48)44(24(18)46)16-9-13(29(37,38)39)6-14(10-16)30(40,41)42/h1-9,16H,10H2. The summed E-state index contributed by atoms with van der Waals surface area (Å²) >= 11 is 0. The predicted octanol–water partition coefficient (Wildman–Crippen LogP) is 8.02. The van der Waals surface area contributed by atoms with Gasteiger partial charge in [-0.25, -0.2) is 4.90 Å². The molecule has 3 aliphatic rings. The van der Waals surface area contributed by atoms with Gasteiger partial charge in [-0.1, -0.05) is 0 Å². The van der Waals surface area contributed by atoms with Crippen molar-refractivity contribution in [3.05, 3.63) is 99.1 Å². The molecule has 0 saturated carbocycles. The lowest BCUT2D eigenvalue weighted by Crippen LogP contribution is -2.48. The number of carbonyl (C=O) groups is 4. The van der Waals surface area contributed by atoms with E-state index in [4.69, 9.17) is 0 Å². The fraction of sp³-hybridized carbons (Fsp3) is 0.200. The van der Waals surface area contributed by atoms with Crippen molar-refractivity contribution < 1.29 is 71.9 Å². The first-order chi connectivity index (χ1) is 22.0. The molecular weight excluding hydrogens is 680 g/mol. The zero-order valence-electron chi connectivity index (χ0n) is 23.0. The van der Waals surface area contributed by atoms with Crippen LogP contribution >= 0.6 is 0 Å². The van der Waals surface area contributed by atoms with Crippen LogP contribution in [0.1, 0.15) is 59.0 Å². The molecule has 1 aliphatic carbocycles. The molecule has 250 valence electrons. The van der Waals surface area contributed by atoms with Crippen molar-refractivity contribution in [2.45, 2.75) is 37.2 Å². The first-order valence-electron chi connectivity index (χ1n) is 13.2. The van der Waals surface area contributed by atoms with Gasteiger partial charge in [-0.15, -0.1) is 0 Å². The van der Waals surface area contributed by atoms with Crippen LogP contribution in [-0.4, -0.2) is 46.9 Å². The fourth-order valence-corrected chi connectivity index (χ4v) is 5.82. The van der Waals surface area contributed by atoms with Gasteiger partial charge < -0.3 is 0 Å². The fourth-order valence-electron chi connectivity index (χ4n) is 5.82. The first-order valence-corrected chi connectivity index (χ1v) is 13.2. The van der Waals surface area contributed by atoms with E-state index in [0.29, 0.717) is 0 Å². The molecule has 0 saturated heterocycles. The Hall–Kier alpha value is -5.16. The van der Waals surface area contributed by atoms with Gasteiger partial charge in [0, 0.05) is 45.0 Å². The Morgan fingerprint density at radius 2 is 0.958 bits per heavy atom. The number of hydrogen-bond donors (Lipinski definition) is 0. The second kappa shape index (κ2) is 10.2. The van der Waals surface area contributed by atoms with Crippen LogP contribution in [0.4, 0.5) is 58.4 Å². The van der Waals surface area contributed by atoms with E-state index in [1.807, 2.05) is 0 Å². The van der Waals surface area contributed by atoms with Gasteiger partial charge in [0.15, 0.2) is 0 Å². The number of allylic oxidation sites excluding steroid dienone is 2. The number of nitrogens with zero attached hydrogens (tertiary/aromatic N) is 2. The van der Waals surface area contributed by atoms with Crippen molar-refractivity contribution in [2.24, 2.45) is 0 Å². The van der Waals surface area contributed by atoms with E-state index in [0.717, 1.165) is 24.3 Å². The van der Waals surface area contributed by atoms with E-state index >= 15 is 0 Å². The molecule has 6 nitrogen and oxygen atoms in total. The van der Waals surface area contributed by atoms with Gasteiger partial charge in [0.05, 0.1) is 28.4 Å². The van der Waals surface area contributed by atoms with Gasteiger partial charge in [-0.3, -0.25) is 24.1 Å². The third-order valence-corrected chi connectivity index (χ3v) is 7.91. The smallest absolute Gasteiger partial charge is 0.269 e. The summed E-state index contributed by atoms with van der Waals surface area (Å²) in [5, 5.41) is -0.841. The molecule has 0 N–H and O–H groups in total. The minimum absolute atomic E-state index is 0.0408. The normalized spacial score (nSPS) is 18.9. The van der Waals surface area contributed by atoms with E-state index in [-0.39, 0.29) is 40.2 Å². The molecule has 1 atom stereocenters. The van der Waals surface area contributed by atoms with E-state index in [1.165, 1.54) is 0 Å². The number of hydrogen-bond acceptors (Lipinski definition) is 4. The van der Waals surface area contributed by atoms with Crippen LogP contribution in [0.3, 0.4) is 0 Å². The largest absolute Gasteiger partial charge is 0.416 e. The Bertz CT molecular complexity index is 1950. The second-order valence-electron chi connectivity index (χ2n) is 10.8. The van der Waals surface area contributed by atoms with E-state index in [2.05, 4.69) is 0 Å². The lowest BCUT2D eigenvalue weighted by Gasteiger charge is -2.36. The average molecular weight is 692 g/mol. The molecule has 18 heteroatoms. The van der Waals surface area contributed by atoms with Crippen molar-refractivity contribution in [1.29, 1.82) is 0 Å². The van der Waals surface area contributed by atoms with E-state index in [1.54, 1.807) is 0 Å². The highest BCUT2D eigenvalue weighted by atomic mass is 19.4. The summed E-state index contributed by atoms with van der Waals surface area (Å²) in [6.07, 6.45) is -22.4. The number of carbonyl (C=O) groups excluding carboxylic acids is 4. The highest BCUT2D eigenvalue weighted by Crippen LogP contribution is 2.45. The molecule has 3 aromatic carbocycles. The second-order valence-corrected chi connectivity index (χ2v) is 10.8. The third kappa shape index (κ3) is 5.09. The van der Waals surface area contributed by atoms with Gasteiger partial charge in [-0.2, -0.15) is 52.7 Å². The molecule has 0 spiro atoms. The molecule has 1 unspecified atom stereocenters. The van der Waals surface area contributed by atoms with Crippen molar-refractivity contribution in [2.75, 3.05) is 4.90 Å². The monoisotopic (exact) mass is 692 g/mol. The number of amides is 4. The van der Waals surface area contributed by atoms with Crippen LogP contribution in [-0.2, 0) is 12.4 Å². The van der Waals surface area contributed by atoms with Crippen LogP contribution in [0.5, 0.6) is 0 Å². The Balaban J connectivity index is 1.48. The van der Waals surface area contributed by atoms with Gasteiger partial charge in [0.25, 0.3) is 23.6 Å². The molecule has 3 aromatic rings. The minimum Gasteiger partial charge on any atom is -0.269 e. The zero-order chi connectivity index (χ0) is 35.5. The summed E-state index contributed by atoms with van der Waals surface area (Å²) in [5.41, 5.74) is -10.4. The molecule has 0 radical (unpaired) electrons. The first kappa shape index (κ1) is 32.8. The maximum absolute atomic E-state index is 13.6. The summed E-state index contributed by atoms with van der Waals surface area (Å²) in [7, 11) is 0. The van der Waals surface area contributed by atoms with E-state index in [9.17, 15) is 71.9 Å². The summed E-state index contributed by atoms with van der Waals surface area (Å²) < 4.78 is 162. The Kier molecular flexibility index (Phi) is 6.94. The molecule has 6 rings (SSSR count). The number of alkyl halides is 12. The van der Waals surface area contributed by atoms with Crippen molar-refractivity contribution >= 4 is 40.1 Å². The van der Waals surface area contributed by atoms with Crippen LogP contribution in [0.25, 0.3) is 10.8 Å². The van der Waals surface area contributed by atoms with Gasteiger partial charge in [0.2, 0.25) is 0 Å². The maximum Gasteiger partial charge on any atom is 0.416 e. The Morgan fingerprint density at radius 1 is 0.542 bits per heavy atom. The Morgan fingerprint density at radius 3 is 1.33 bits per heavy atom. The van der Waals surface area contributed by atoms with Crippen molar-refractivity contribution in [3.8, 4) is 0 Å². The molecule has 48 heavy (non-hydrogen) atoms. The topological polar surface area (TPSA) is 74.8 Å². The van der Waals surface area contributed by atoms with Crippen LogP contribution in [0.15, 0.2) is 65.8 Å². The number of imide groups is 2. The number of benzene rings is 3. The lowest BCUT2D eigenvalue weighted by molar-refractivity contribution is -0.143. The molecule has 4 amide bonds. The summed E-state index contributed by atoms with van der Waals surface area (Å²) in [6.45, 7) is 0. The summed E-state index contributed by atoms with van der Waals surface area (Å²) in [5.74, 6) is -5.68. The van der Waals surface area contributed by atoms with Crippen molar-refractivity contribution in [3.63, 3.8) is 0 Å². The average Bonchev–Trinajstić information content (AvgIpc) is 2.97. The molecule has 0 fully saturated rings. The van der Waals surface area contributed by atoms with Gasteiger partial charge in [0.1, 0.15) is 0 Å². The van der Waals surface area contributed by atoms with E-state index < -0.39 is 122 Å². The van der Waals surface area contributed by atoms with Gasteiger partial charge in [-0.05, 0) is 54.6 Å².